The van der Waals surface area contributed by atoms with E-state index in [2.05, 4.69) is 12.2 Å². The van der Waals surface area contributed by atoms with Gasteiger partial charge >= 0.3 is 12.0 Å². The molecule has 0 aromatic heterocycles. The van der Waals surface area contributed by atoms with Gasteiger partial charge in [-0.3, -0.25) is 0 Å². The average molecular weight is 292 g/mol. The number of rotatable bonds is 7. The molecule has 1 unspecified atom stereocenters. The Morgan fingerprint density at radius 1 is 1.33 bits per heavy atom. The lowest BCUT2D eigenvalue weighted by Crippen LogP contribution is -2.45. The lowest BCUT2D eigenvalue weighted by atomic mass is 10.1. The second kappa shape index (κ2) is 8.29. The number of hydrogen-bond acceptors (Lipinski definition) is 2. The van der Waals surface area contributed by atoms with Crippen molar-refractivity contribution in [3.05, 3.63) is 35.4 Å². The molecular formula is C16H24N2O3. The summed E-state index contributed by atoms with van der Waals surface area (Å²) >= 11 is 0. The molecule has 116 valence electrons. The van der Waals surface area contributed by atoms with Crippen LogP contribution in [0.1, 0.15) is 43.1 Å². The molecule has 0 aliphatic rings. The van der Waals surface area contributed by atoms with Crippen LogP contribution in [0.2, 0.25) is 0 Å². The monoisotopic (exact) mass is 292 g/mol. The van der Waals surface area contributed by atoms with Crippen LogP contribution >= 0.6 is 0 Å². The lowest BCUT2D eigenvalue weighted by molar-refractivity contribution is 0.0696. The highest BCUT2D eigenvalue weighted by atomic mass is 16.4. The Balaban J connectivity index is 2.51. The van der Waals surface area contributed by atoms with Gasteiger partial charge in [0, 0.05) is 19.1 Å². The first-order valence-corrected chi connectivity index (χ1v) is 7.36. The molecular weight excluding hydrogens is 268 g/mol. The Hall–Kier alpha value is -2.04. The van der Waals surface area contributed by atoms with Crippen molar-refractivity contribution in [3.63, 3.8) is 0 Å². The molecule has 21 heavy (non-hydrogen) atoms. The molecule has 5 heteroatoms. The Morgan fingerprint density at radius 2 is 2.05 bits per heavy atom. The third-order valence-corrected chi connectivity index (χ3v) is 3.59. The summed E-state index contributed by atoms with van der Waals surface area (Å²) in [6.45, 7) is 7.21. The quantitative estimate of drug-likeness (QED) is 0.812. The molecule has 1 aromatic rings. The van der Waals surface area contributed by atoms with Crippen LogP contribution in [-0.2, 0) is 6.42 Å². The molecule has 0 saturated carbocycles. The summed E-state index contributed by atoms with van der Waals surface area (Å²) in [5.74, 6) is -0.935. The number of hydrogen-bond donors (Lipinski definition) is 2. The first-order valence-electron chi connectivity index (χ1n) is 7.36. The van der Waals surface area contributed by atoms with Gasteiger partial charge in [0.2, 0.25) is 0 Å². The molecule has 2 amide bonds. The highest BCUT2D eigenvalue weighted by Crippen LogP contribution is 2.06. The molecule has 0 radical (unpaired) electrons. The summed E-state index contributed by atoms with van der Waals surface area (Å²) in [6.07, 6.45) is 1.53. The van der Waals surface area contributed by atoms with E-state index in [9.17, 15) is 9.59 Å². The third-order valence-electron chi connectivity index (χ3n) is 3.59. The molecule has 0 bridgehead atoms. The molecule has 0 aliphatic heterocycles. The molecule has 1 atom stereocenters. The van der Waals surface area contributed by atoms with Crippen LogP contribution in [0, 0.1) is 0 Å². The number of carboxylic acids is 1. The standard InChI is InChI=1S/C16H24N2O3/c1-4-12(3)18(5-2)16(21)17-10-9-13-7-6-8-14(11-13)15(19)20/h6-8,11-12H,4-5,9-10H2,1-3H3,(H,17,21)(H,19,20). The molecule has 0 fully saturated rings. The van der Waals surface area contributed by atoms with Gasteiger partial charge in [0.25, 0.3) is 0 Å². The maximum atomic E-state index is 12.1. The predicted molar refractivity (Wildman–Crippen MR) is 82.6 cm³/mol. The van der Waals surface area contributed by atoms with Gasteiger partial charge in [-0.1, -0.05) is 19.1 Å². The van der Waals surface area contributed by atoms with Gasteiger partial charge < -0.3 is 15.3 Å². The molecule has 0 aliphatic carbocycles. The highest BCUT2D eigenvalue weighted by molar-refractivity contribution is 5.87. The summed E-state index contributed by atoms with van der Waals surface area (Å²) in [6, 6.07) is 6.93. The number of aromatic carboxylic acids is 1. The van der Waals surface area contributed by atoms with E-state index in [1.807, 2.05) is 19.9 Å². The van der Waals surface area contributed by atoms with Crippen LogP contribution in [0.25, 0.3) is 0 Å². The Bertz CT molecular complexity index is 488. The van der Waals surface area contributed by atoms with E-state index in [-0.39, 0.29) is 17.6 Å². The SMILES string of the molecule is CCC(C)N(CC)C(=O)NCCc1cccc(C(=O)O)c1. The lowest BCUT2D eigenvalue weighted by Gasteiger charge is -2.27. The molecule has 0 saturated heterocycles. The Morgan fingerprint density at radius 3 is 2.62 bits per heavy atom. The zero-order chi connectivity index (χ0) is 15.8. The zero-order valence-corrected chi connectivity index (χ0v) is 12.9. The second-order valence-electron chi connectivity index (χ2n) is 5.03. The van der Waals surface area contributed by atoms with E-state index < -0.39 is 5.97 Å². The fourth-order valence-electron chi connectivity index (χ4n) is 2.15. The number of nitrogens with one attached hydrogen (secondary N) is 1. The van der Waals surface area contributed by atoms with Crippen molar-refractivity contribution in [2.75, 3.05) is 13.1 Å². The van der Waals surface area contributed by atoms with E-state index in [1.165, 1.54) is 0 Å². The number of carbonyl (C=O) groups excluding carboxylic acids is 1. The van der Waals surface area contributed by atoms with E-state index >= 15 is 0 Å². The molecule has 1 aromatic carbocycles. The minimum atomic E-state index is -0.935. The van der Waals surface area contributed by atoms with Crippen molar-refractivity contribution >= 4 is 12.0 Å². The van der Waals surface area contributed by atoms with Crippen molar-refractivity contribution in [2.45, 2.75) is 39.7 Å². The van der Waals surface area contributed by atoms with Crippen molar-refractivity contribution in [1.82, 2.24) is 10.2 Å². The van der Waals surface area contributed by atoms with Crippen molar-refractivity contribution < 1.29 is 14.7 Å². The van der Waals surface area contributed by atoms with Crippen molar-refractivity contribution in [3.8, 4) is 0 Å². The van der Waals surface area contributed by atoms with E-state index in [4.69, 9.17) is 5.11 Å². The minimum Gasteiger partial charge on any atom is -0.478 e. The van der Waals surface area contributed by atoms with Gasteiger partial charge in [0.1, 0.15) is 0 Å². The van der Waals surface area contributed by atoms with Gasteiger partial charge in [-0.15, -0.1) is 0 Å². The van der Waals surface area contributed by atoms with Crippen LogP contribution in [-0.4, -0.2) is 41.1 Å². The van der Waals surface area contributed by atoms with Crippen LogP contribution in [0.3, 0.4) is 0 Å². The molecule has 5 nitrogen and oxygen atoms in total. The van der Waals surface area contributed by atoms with Gasteiger partial charge in [-0.25, -0.2) is 9.59 Å². The molecule has 1 rings (SSSR count). The largest absolute Gasteiger partial charge is 0.478 e. The molecule has 0 heterocycles. The van der Waals surface area contributed by atoms with Crippen LogP contribution in [0.4, 0.5) is 4.79 Å². The predicted octanol–water partition coefficient (Wildman–Crippen LogP) is 2.76. The maximum Gasteiger partial charge on any atom is 0.335 e. The fraction of sp³-hybridized carbons (Fsp3) is 0.500. The zero-order valence-electron chi connectivity index (χ0n) is 12.9. The topological polar surface area (TPSA) is 69.6 Å². The summed E-state index contributed by atoms with van der Waals surface area (Å²) in [5.41, 5.74) is 1.18. The van der Waals surface area contributed by atoms with E-state index in [0.29, 0.717) is 19.5 Å². The van der Waals surface area contributed by atoms with Crippen molar-refractivity contribution in [1.29, 1.82) is 0 Å². The summed E-state index contributed by atoms with van der Waals surface area (Å²) in [7, 11) is 0. The van der Waals surface area contributed by atoms with Gasteiger partial charge in [-0.2, -0.15) is 0 Å². The highest BCUT2D eigenvalue weighted by Gasteiger charge is 2.16. The minimum absolute atomic E-state index is 0.0683. The second-order valence-corrected chi connectivity index (χ2v) is 5.03. The van der Waals surface area contributed by atoms with Gasteiger partial charge in [-0.05, 0) is 44.4 Å². The molecule has 0 spiro atoms. The van der Waals surface area contributed by atoms with Crippen molar-refractivity contribution in [2.24, 2.45) is 0 Å². The van der Waals surface area contributed by atoms with E-state index in [1.54, 1.807) is 23.1 Å². The van der Waals surface area contributed by atoms with Gasteiger partial charge in [0.15, 0.2) is 0 Å². The summed E-state index contributed by atoms with van der Waals surface area (Å²) in [5, 5.41) is 11.8. The molecule has 2 N–H and O–H groups in total. The van der Waals surface area contributed by atoms with E-state index in [0.717, 1.165) is 12.0 Å². The average Bonchev–Trinajstić information content (AvgIpc) is 2.48. The van der Waals surface area contributed by atoms with Gasteiger partial charge in [0.05, 0.1) is 5.56 Å². The smallest absolute Gasteiger partial charge is 0.335 e. The third kappa shape index (κ3) is 5.10. The fourth-order valence-corrected chi connectivity index (χ4v) is 2.15. The first kappa shape index (κ1) is 17.0. The van der Waals surface area contributed by atoms with Crippen LogP contribution < -0.4 is 5.32 Å². The number of amides is 2. The normalized spacial score (nSPS) is 11.8. The number of benzene rings is 1. The van der Waals surface area contributed by atoms with Crippen LogP contribution in [0.5, 0.6) is 0 Å². The Labute approximate surface area is 126 Å². The van der Waals surface area contributed by atoms with Crippen LogP contribution in [0.15, 0.2) is 24.3 Å². The summed E-state index contributed by atoms with van der Waals surface area (Å²) in [4.78, 5) is 24.8. The first-order chi connectivity index (χ1) is 9.99. The number of nitrogens with zero attached hydrogens (tertiary/aromatic N) is 1. The number of urea groups is 1. The maximum absolute atomic E-state index is 12.1. The number of carbonyl (C=O) groups is 2. The Kier molecular flexibility index (Phi) is 6.72. The summed E-state index contributed by atoms with van der Waals surface area (Å²) < 4.78 is 0. The number of carboxylic acid groups (broad SMARTS) is 1.